The van der Waals surface area contributed by atoms with E-state index in [0.717, 1.165) is 11.1 Å². The molecule has 0 saturated carbocycles. The van der Waals surface area contributed by atoms with Gasteiger partial charge in [-0.2, -0.15) is 0 Å². The highest BCUT2D eigenvalue weighted by Gasteiger charge is 2.10. The van der Waals surface area contributed by atoms with Gasteiger partial charge < -0.3 is 9.84 Å². The highest BCUT2D eigenvalue weighted by atomic mass is 16.5. The van der Waals surface area contributed by atoms with E-state index >= 15 is 0 Å². The molecular weight excluding hydrogens is 188 g/mol. The first kappa shape index (κ1) is 11.8. The molecule has 1 rings (SSSR count). The number of rotatable bonds is 5. The molecule has 1 aromatic rings. The summed E-state index contributed by atoms with van der Waals surface area (Å²) in [4.78, 5) is 0. The van der Waals surface area contributed by atoms with E-state index in [0.29, 0.717) is 19.4 Å². The molecule has 2 heteroatoms. The van der Waals surface area contributed by atoms with Crippen molar-refractivity contribution in [3.8, 4) is 12.3 Å². The Balaban J connectivity index is 2.78. The molecule has 0 radical (unpaired) electrons. The van der Waals surface area contributed by atoms with Crippen LogP contribution in [-0.4, -0.2) is 12.2 Å². The van der Waals surface area contributed by atoms with Gasteiger partial charge in [-0.15, -0.1) is 12.3 Å². The highest BCUT2D eigenvalue weighted by molar-refractivity contribution is 5.28. The Kier molecular flexibility index (Phi) is 4.89. The zero-order chi connectivity index (χ0) is 11.1. The van der Waals surface area contributed by atoms with Gasteiger partial charge in [-0.1, -0.05) is 24.3 Å². The first-order valence-corrected chi connectivity index (χ1v) is 4.98. The Morgan fingerprint density at radius 3 is 2.87 bits per heavy atom. The van der Waals surface area contributed by atoms with Crippen LogP contribution < -0.4 is 0 Å². The standard InChI is InChI=1S/C13H16O2/c1-3-4-9-13(14)12-8-6-5-7-11(12)10-15-2/h1,5-8,13-14H,4,9-10H2,2H3. The van der Waals surface area contributed by atoms with Crippen LogP contribution in [0.3, 0.4) is 0 Å². The average Bonchev–Trinajstić information content (AvgIpc) is 2.27. The third kappa shape index (κ3) is 3.39. The van der Waals surface area contributed by atoms with E-state index in [1.165, 1.54) is 0 Å². The quantitative estimate of drug-likeness (QED) is 0.746. The van der Waals surface area contributed by atoms with Crippen molar-refractivity contribution in [3.05, 3.63) is 35.4 Å². The minimum absolute atomic E-state index is 0.493. The number of terminal acetylenes is 1. The summed E-state index contributed by atoms with van der Waals surface area (Å²) in [6, 6.07) is 7.72. The van der Waals surface area contributed by atoms with Gasteiger partial charge in [0.25, 0.3) is 0 Å². The minimum Gasteiger partial charge on any atom is -0.388 e. The molecule has 2 nitrogen and oxygen atoms in total. The van der Waals surface area contributed by atoms with Crippen LogP contribution in [0.1, 0.15) is 30.1 Å². The van der Waals surface area contributed by atoms with Gasteiger partial charge in [0.1, 0.15) is 0 Å². The van der Waals surface area contributed by atoms with Gasteiger partial charge >= 0.3 is 0 Å². The molecule has 0 aliphatic rings. The van der Waals surface area contributed by atoms with E-state index in [2.05, 4.69) is 5.92 Å². The van der Waals surface area contributed by atoms with E-state index in [4.69, 9.17) is 11.2 Å². The van der Waals surface area contributed by atoms with E-state index in [-0.39, 0.29) is 0 Å². The van der Waals surface area contributed by atoms with Crippen molar-refractivity contribution in [2.24, 2.45) is 0 Å². The molecule has 0 aliphatic carbocycles. The summed E-state index contributed by atoms with van der Waals surface area (Å²) in [5, 5.41) is 9.91. The van der Waals surface area contributed by atoms with Gasteiger partial charge in [0.05, 0.1) is 12.7 Å². The molecule has 0 bridgehead atoms. The predicted molar refractivity (Wildman–Crippen MR) is 60.2 cm³/mol. The fourth-order valence-corrected chi connectivity index (χ4v) is 1.52. The van der Waals surface area contributed by atoms with Crippen LogP contribution in [0.4, 0.5) is 0 Å². The van der Waals surface area contributed by atoms with Crippen LogP contribution in [0, 0.1) is 12.3 Å². The number of ether oxygens (including phenoxy) is 1. The van der Waals surface area contributed by atoms with Gasteiger partial charge in [0.15, 0.2) is 0 Å². The van der Waals surface area contributed by atoms with Crippen molar-refractivity contribution in [2.45, 2.75) is 25.6 Å². The monoisotopic (exact) mass is 204 g/mol. The summed E-state index contributed by atoms with van der Waals surface area (Å²) < 4.78 is 5.07. The lowest BCUT2D eigenvalue weighted by atomic mass is 10.00. The smallest absolute Gasteiger partial charge is 0.0802 e. The number of aliphatic hydroxyl groups excluding tert-OH is 1. The first-order chi connectivity index (χ1) is 7.29. The maximum absolute atomic E-state index is 9.91. The van der Waals surface area contributed by atoms with Gasteiger partial charge in [-0.3, -0.25) is 0 Å². The summed E-state index contributed by atoms with van der Waals surface area (Å²) in [7, 11) is 1.64. The molecule has 0 fully saturated rings. The number of aliphatic hydroxyl groups is 1. The largest absolute Gasteiger partial charge is 0.388 e. The third-order valence-corrected chi connectivity index (χ3v) is 2.28. The fourth-order valence-electron chi connectivity index (χ4n) is 1.52. The van der Waals surface area contributed by atoms with Crippen LogP contribution in [0.25, 0.3) is 0 Å². The zero-order valence-corrected chi connectivity index (χ0v) is 8.94. The van der Waals surface area contributed by atoms with Crippen LogP contribution in [0.5, 0.6) is 0 Å². The van der Waals surface area contributed by atoms with Crippen LogP contribution in [0.15, 0.2) is 24.3 Å². The second-order valence-electron chi connectivity index (χ2n) is 3.39. The highest BCUT2D eigenvalue weighted by Crippen LogP contribution is 2.22. The van der Waals surface area contributed by atoms with Crippen molar-refractivity contribution in [1.29, 1.82) is 0 Å². The topological polar surface area (TPSA) is 29.5 Å². The normalized spacial score (nSPS) is 12.1. The lowest BCUT2D eigenvalue weighted by molar-refractivity contribution is 0.156. The number of hydrogen-bond donors (Lipinski definition) is 1. The Morgan fingerprint density at radius 2 is 2.20 bits per heavy atom. The number of hydrogen-bond acceptors (Lipinski definition) is 2. The number of benzene rings is 1. The van der Waals surface area contributed by atoms with Gasteiger partial charge in [-0.25, -0.2) is 0 Å². The maximum Gasteiger partial charge on any atom is 0.0802 e. The van der Waals surface area contributed by atoms with Crippen molar-refractivity contribution in [1.82, 2.24) is 0 Å². The molecule has 0 saturated heterocycles. The van der Waals surface area contributed by atoms with E-state index in [9.17, 15) is 5.11 Å². The lowest BCUT2D eigenvalue weighted by Crippen LogP contribution is -2.02. The summed E-state index contributed by atoms with van der Waals surface area (Å²) in [6.45, 7) is 0.517. The van der Waals surface area contributed by atoms with E-state index < -0.39 is 6.10 Å². The number of methoxy groups -OCH3 is 1. The maximum atomic E-state index is 9.91. The molecule has 1 unspecified atom stereocenters. The predicted octanol–water partition coefficient (Wildman–Crippen LogP) is 2.28. The zero-order valence-electron chi connectivity index (χ0n) is 8.94. The minimum atomic E-state index is -0.493. The molecule has 0 aliphatic heterocycles. The average molecular weight is 204 g/mol. The lowest BCUT2D eigenvalue weighted by Gasteiger charge is -2.13. The van der Waals surface area contributed by atoms with Gasteiger partial charge in [0, 0.05) is 13.5 Å². The van der Waals surface area contributed by atoms with Crippen LogP contribution in [0.2, 0.25) is 0 Å². The Hall–Kier alpha value is -1.30. The van der Waals surface area contributed by atoms with Gasteiger partial charge in [-0.05, 0) is 17.5 Å². The molecule has 0 amide bonds. The molecule has 15 heavy (non-hydrogen) atoms. The Bertz CT molecular complexity index is 339. The molecule has 0 aromatic heterocycles. The van der Waals surface area contributed by atoms with Crippen molar-refractivity contribution < 1.29 is 9.84 Å². The molecule has 0 heterocycles. The van der Waals surface area contributed by atoms with Gasteiger partial charge in [0.2, 0.25) is 0 Å². The fraction of sp³-hybridized carbons (Fsp3) is 0.385. The van der Waals surface area contributed by atoms with Crippen LogP contribution >= 0.6 is 0 Å². The van der Waals surface area contributed by atoms with Crippen LogP contribution in [-0.2, 0) is 11.3 Å². The molecule has 1 N–H and O–H groups in total. The summed E-state index contributed by atoms with van der Waals surface area (Å²) in [5.74, 6) is 2.53. The molecular formula is C13H16O2. The molecule has 0 spiro atoms. The summed E-state index contributed by atoms with van der Waals surface area (Å²) in [6.07, 6.45) is 5.85. The third-order valence-electron chi connectivity index (χ3n) is 2.28. The Labute approximate surface area is 90.9 Å². The van der Waals surface area contributed by atoms with Crippen molar-refractivity contribution in [3.63, 3.8) is 0 Å². The molecule has 1 atom stereocenters. The van der Waals surface area contributed by atoms with Crippen molar-refractivity contribution in [2.75, 3.05) is 7.11 Å². The first-order valence-electron chi connectivity index (χ1n) is 4.98. The molecule has 80 valence electrons. The Morgan fingerprint density at radius 1 is 1.47 bits per heavy atom. The van der Waals surface area contributed by atoms with E-state index in [1.54, 1.807) is 7.11 Å². The summed E-state index contributed by atoms with van der Waals surface area (Å²) >= 11 is 0. The van der Waals surface area contributed by atoms with Crippen molar-refractivity contribution >= 4 is 0 Å². The molecule has 1 aromatic carbocycles. The van der Waals surface area contributed by atoms with E-state index in [1.807, 2.05) is 24.3 Å². The second kappa shape index (κ2) is 6.23. The summed E-state index contributed by atoms with van der Waals surface area (Å²) in [5.41, 5.74) is 1.93. The SMILES string of the molecule is C#CCCC(O)c1ccccc1COC. The second-order valence-corrected chi connectivity index (χ2v) is 3.39.